The molecule has 0 amide bonds. The number of thiazole rings is 1. The van der Waals surface area contributed by atoms with Crippen molar-refractivity contribution in [3.05, 3.63) is 71.3 Å². The van der Waals surface area contributed by atoms with E-state index in [1.165, 1.54) is 5.69 Å². The third-order valence-corrected chi connectivity index (χ3v) is 6.23. The Morgan fingerprint density at radius 3 is 2.65 bits per heavy atom. The van der Waals surface area contributed by atoms with Gasteiger partial charge in [-0.25, -0.2) is 4.98 Å². The lowest BCUT2D eigenvalue weighted by Crippen LogP contribution is -2.03. The molecular weight excluding hydrogens is 362 g/mol. The quantitative estimate of drug-likeness (QED) is 0.471. The summed E-state index contributed by atoms with van der Waals surface area (Å²) in [6.45, 7) is 0. The normalized spacial score (nSPS) is 11.2. The van der Waals surface area contributed by atoms with Crippen LogP contribution in [0.3, 0.4) is 0 Å². The number of nitrogens with zero attached hydrogens (tertiary/aromatic N) is 5. The summed E-state index contributed by atoms with van der Waals surface area (Å²) in [5.41, 5.74) is 3.46. The summed E-state index contributed by atoms with van der Waals surface area (Å²) in [6.07, 6.45) is 2.83. The van der Waals surface area contributed by atoms with Crippen LogP contribution in [0.2, 0.25) is 0 Å². The number of rotatable bonds is 6. The minimum absolute atomic E-state index is 0.780. The van der Waals surface area contributed by atoms with E-state index >= 15 is 0 Å². The molecule has 0 unspecified atom stereocenters. The van der Waals surface area contributed by atoms with Crippen LogP contribution < -0.4 is 0 Å². The number of aromatic nitrogens is 5. The molecule has 0 radical (unpaired) electrons. The number of aryl methyl sites for hydroxylation is 1. The number of thioether (sulfide) groups is 1. The van der Waals surface area contributed by atoms with Gasteiger partial charge in [-0.3, -0.25) is 0 Å². The van der Waals surface area contributed by atoms with E-state index < -0.39 is 0 Å². The van der Waals surface area contributed by atoms with Crippen LogP contribution in [-0.4, -0.2) is 24.3 Å². The molecule has 3 heterocycles. The van der Waals surface area contributed by atoms with E-state index in [2.05, 4.69) is 42.9 Å². The van der Waals surface area contributed by atoms with Crippen molar-refractivity contribution in [3.63, 3.8) is 0 Å². The first-order valence-electron chi connectivity index (χ1n) is 8.32. The maximum atomic E-state index is 4.74. The Balaban J connectivity index is 1.43. The molecule has 3 aromatic heterocycles. The Bertz CT molecular complexity index is 1000. The first-order valence-corrected chi connectivity index (χ1v) is 10.2. The van der Waals surface area contributed by atoms with Crippen LogP contribution in [0.1, 0.15) is 17.2 Å². The second-order valence-corrected chi connectivity index (χ2v) is 7.84. The van der Waals surface area contributed by atoms with Crippen molar-refractivity contribution < 1.29 is 0 Å². The molecule has 0 saturated heterocycles. The molecule has 1 aromatic carbocycles. The van der Waals surface area contributed by atoms with Crippen LogP contribution in [0.15, 0.2) is 59.2 Å². The predicted octanol–water partition coefficient (Wildman–Crippen LogP) is 4.16. The van der Waals surface area contributed by atoms with Gasteiger partial charge in [-0.2, -0.15) is 0 Å². The lowest BCUT2D eigenvalue weighted by Gasteiger charge is -2.04. The Morgan fingerprint density at radius 2 is 1.88 bits per heavy atom. The van der Waals surface area contributed by atoms with Gasteiger partial charge in [0.15, 0.2) is 5.16 Å². The minimum atomic E-state index is 0.780. The second kappa shape index (κ2) is 7.47. The molecule has 0 spiro atoms. The van der Waals surface area contributed by atoms with Crippen molar-refractivity contribution in [2.75, 3.05) is 0 Å². The van der Waals surface area contributed by atoms with Crippen LogP contribution in [-0.2, 0) is 26.3 Å². The molecule has 0 aliphatic rings. The summed E-state index contributed by atoms with van der Waals surface area (Å²) in [5, 5.41) is 12.8. The maximum absolute atomic E-state index is 4.74. The summed E-state index contributed by atoms with van der Waals surface area (Å²) in [4.78, 5) is 4.74. The molecule has 0 atom stereocenters. The molecule has 132 valence electrons. The van der Waals surface area contributed by atoms with Gasteiger partial charge in [0.1, 0.15) is 10.8 Å². The Kier molecular flexibility index (Phi) is 4.90. The molecule has 26 heavy (non-hydrogen) atoms. The summed E-state index contributed by atoms with van der Waals surface area (Å²) in [5.74, 6) is 1.76. The van der Waals surface area contributed by atoms with E-state index in [4.69, 9.17) is 4.98 Å². The zero-order valence-corrected chi connectivity index (χ0v) is 16.3. The zero-order chi connectivity index (χ0) is 17.9. The van der Waals surface area contributed by atoms with Crippen molar-refractivity contribution in [1.82, 2.24) is 24.3 Å². The van der Waals surface area contributed by atoms with E-state index in [-0.39, 0.29) is 0 Å². The zero-order valence-electron chi connectivity index (χ0n) is 14.7. The van der Waals surface area contributed by atoms with Gasteiger partial charge in [0, 0.05) is 49.1 Å². The maximum Gasteiger partial charge on any atom is 0.191 e. The van der Waals surface area contributed by atoms with E-state index in [1.54, 1.807) is 23.1 Å². The molecule has 4 rings (SSSR count). The number of hydrogen-bond acceptors (Lipinski definition) is 5. The SMILES string of the molecule is Cn1cccc1Cc1nnc(SCc2csc(-c3ccccc3)n2)n1C. The highest BCUT2D eigenvalue weighted by Gasteiger charge is 2.12. The number of hydrogen-bond donors (Lipinski definition) is 0. The summed E-state index contributed by atoms with van der Waals surface area (Å²) < 4.78 is 4.18. The van der Waals surface area contributed by atoms with Gasteiger partial charge in [0.25, 0.3) is 0 Å². The largest absolute Gasteiger partial charge is 0.354 e. The average Bonchev–Trinajstić information content (AvgIpc) is 3.37. The molecule has 5 nitrogen and oxygen atoms in total. The fraction of sp³-hybridized carbons (Fsp3) is 0.211. The molecule has 0 N–H and O–H groups in total. The van der Waals surface area contributed by atoms with Gasteiger partial charge in [-0.15, -0.1) is 21.5 Å². The smallest absolute Gasteiger partial charge is 0.191 e. The van der Waals surface area contributed by atoms with Crippen molar-refractivity contribution in [2.45, 2.75) is 17.3 Å². The van der Waals surface area contributed by atoms with Gasteiger partial charge in [-0.05, 0) is 12.1 Å². The summed E-state index contributed by atoms with van der Waals surface area (Å²) in [6, 6.07) is 14.4. The van der Waals surface area contributed by atoms with E-state index in [1.807, 2.05) is 44.6 Å². The Morgan fingerprint density at radius 1 is 1.04 bits per heavy atom. The van der Waals surface area contributed by atoms with Crippen LogP contribution in [0.25, 0.3) is 10.6 Å². The molecule has 0 bridgehead atoms. The van der Waals surface area contributed by atoms with Crippen molar-refractivity contribution >= 4 is 23.1 Å². The Hall–Kier alpha value is -2.38. The van der Waals surface area contributed by atoms with E-state index in [0.717, 1.165) is 39.4 Å². The molecule has 7 heteroatoms. The third kappa shape index (κ3) is 3.59. The fourth-order valence-electron chi connectivity index (χ4n) is 2.69. The fourth-order valence-corrected chi connectivity index (χ4v) is 4.45. The first-order chi connectivity index (χ1) is 12.7. The van der Waals surface area contributed by atoms with Crippen molar-refractivity contribution in [2.24, 2.45) is 14.1 Å². The van der Waals surface area contributed by atoms with E-state index in [0.29, 0.717) is 0 Å². The number of benzene rings is 1. The van der Waals surface area contributed by atoms with Crippen LogP contribution >= 0.6 is 23.1 Å². The first kappa shape index (κ1) is 17.1. The molecular formula is C19H19N5S2. The van der Waals surface area contributed by atoms with Gasteiger partial charge < -0.3 is 9.13 Å². The molecule has 4 aromatic rings. The van der Waals surface area contributed by atoms with E-state index in [9.17, 15) is 0 Å². The standard InChI is InChI=1S/C19H19N5S2/c1-23-10-6-9-16(23)11-17-21-22-19(24(17)2)26-13-15-12-25-18(20-15)14-7-4-3-5-8-14/h3-10,12H,11,13H2,1-2H3. The lowest BCUT2D eigenvalue weighted by molar-refractivity contribution is 0.731. The summed E-state index contributed by atoms with van der Waals surface area (Å²) in [7, 11) is 4.07. The second-order valence-electron chi connectivity index (χ2n) is 6.04. The monoisotopic (exact) mass is 381 g/mol. The highest BCUT2D eigenvalue weighted by atomic mass is 32.2. The van der Waals surface area contributed by atoms with Crippen LogP contribution in [0.5, 0.6) is 0 Å². The topological polar surface area (TPSA) is 48.5 Å². The Labute approximate surface area is 160 Å². The molecule has 0 fully saturated rings. The minimum Gasteiger partial charge on any atom is -0.354 e. The van der Waals surface area contributed by atoms with Crippen molar-refractivity contribution in [1.29, 1.82) is 0 Å². The van der Waals surface area contributed by atoms with Crippen LogP contribution in [0.4, 0.5) is 0 Å². The molecule has 0 saturated carbocycles. The molecule has 0 aliphatic heterocycles. The van der Waals surface area contributed by atoms with Crippen LogP contribution in [0, 0.1) is 0 Å². The van der Waals surface area contributed by atoms with Gasteiger partial charge in [-0.1, -0.05) is 42.1 Å². The summed E-state index contributed by atoms with van der Waals surface area (Å²) >= 11 is 3.35. The van der Waals surface area contributed by atoms with Gasteiger partial charge in [0.05, 0.1) is 5.69 Å². The third-order valence-electron chi connectivity index (χ3n) is 4.24. The average molecular weight is 382 g/mol. The van der Waals surface area contributed by atoms with Crippen molar-refractivity contribution in [3.8, 4) is 10.6 Å². The highest BCUT2D eigenvalue weighted by molar-refractivity contribution is 7.98. The molecule has 0 aliphatic carbocycles. The lowest BCUT2D eigenvalue weighted by atomic mass is 10.2. The highest BCUT2D eigenvalue weighted by Crippen LogP contribution is 2.27. The predicted molar refractivity (Wildman–Crippen MR) is 106 cm³/mol. The van der Waals surface area contributed by atoms with Gasteiger partial charge in [0.2, 0.25) is 0 Å². The van der Waals surface area contributed by atoms with Gasteiger partial charge >= 0.3 is 0 Å².